The monoisotopic (exact) mass is 521 g/mol. The van der Waals surface area contributed by atoms with Gasteiger partial charge in [0, 0.05) is 47.7 Å². The highest BCUT2D eigenvalue weighted by molar-refractivity contribution is 6.33. The van der Waals surface area contributed by atoms with Crippen LogP contribution in [0.3, 0.4) is 0 Å². The number of benzene rings is 1. The van der Waals surface area contributed by atoms with Gasteiger partial charge < -0.3 is 21.5 Å². The van der Waals surface area contributed by atoms with Gasteiger partial charge in [-0.15, -0.1) is 0 Å². The van der Waals surface area contributed by atoms with Crippen molar-refractivity contribution in [1.82, 2.24) is 14.6 Å². The maximum Gasteiger partial charge on any atom is 0.213 e. The number of aliphatic imine (C=N–C) groups is 1. The lowest BCUT2D eigenvalue weighted by Gasteiger charge is -2.28. The molecular weight excluding hydrogens is 493 g/mol. The Balaban J connectivity index is 1.62. The maximum atomic E-state index is 13.9. The van der Waals surface area contributed by atoms with E-state index in [1.54, 1.807) is 19.5 Å². The average molecular weight is 522 g/mol. The molecule has 1 saturated carbocycles. The van der Waals surface area contributed by atoms with E-state index in [0.717, 1.165) is 53.6 Å². The summed E-state index contributed by atoms with van der Waals surface area (Å²) in [6.07, 6.45) is 9.18. The number of ether oxygens (including phenoxy) is 1. The fourth-order valence-electron chi connectivity index (χ4n) is 4.72. The molecule has 8 nitrogen and oxygen atoms in total. The van der Waals surface area contributed by atoms with E-state index in [1.807, 2.05) is 29.8 Å². The molecule has 1 aliphatic rings. The van der Waals surface area contributed by atoms with Gasteiger partial charge in [0.1, 0.15) is 11.7 Å². The first-order valence-electron chi connectivity index (χ1n) is 12.2. The predicted octanol–water partition coefficient (Wildman–Crippen LogP) is 5.22. The molecule has 0 bridgehead atoms. The average Bonchev–Trinajstić information content (AvgIpc) is 3.32. The van der Waals surface area contributed by atoms with E-state index in [2.05, 4.69) is 20.4 Å². The molecule has 0 saturated heterocycles. The van der Waals surface area contributed by atoms with Gasteiger partial charge >= 0.3 is 0 Å². The number of amidine groups is 1. The molecule has 0 unspecified atom stereocenters. The van der Waals surface area contributed by atoms with Crippen LogP contribution in [-0.2, 0) is 0 Å². The van der Waals surface area contributed by atoms with Crippen LogP contribution in [0.1, 0.15) is 36.8 Å². The summed E-state index contributed by atoms with van der Waals surface area (Å²) < 4.78 is 20.9. The molecule has 4 aromatic rings. The highest BCUT2D eigenvalue weighted by atomic mass is 35.5. The molecule has 1 aromatic carbocycles. The SMILES string of the molecule is COc1cc(C)c(-c2cc3c(N[C@H]4CC[C@H](N)CC4)c(/C(N)=N/c4cc(F)ccc4Cl)cnn3c2)cn1. The Kier molecular flexibility index (Phi) is 6.99. The Bertz CT molecular complexity index is 1480. The van der Waals surface area contributed by atoms with Crippen LogP contribution in [-0.4, -0.2) is 39.6 Å². The first-order chi connectivity index (χ1) is 17.8. The number of pyridine rings is 1. The van der Waals surface area contributed by atoms with Gasteiger partial charge in [0.15, 0.2) is 0 Å². The minimum absolute atomic E-state index is 0.183. The third-order valence-corrected chi connectivity index (χ3v) is 7.11. The third-order valence-electron chi connectivity index (χ3n) is 6.79. The van der Waals surface area contributed by atoms with Crippen LogP contribution in [0.5, 0.6) is 5.88 Å². The molecule has 0 atom stereocenters. The number of fused-ring (bicyclic) bond motifs is 1. The number of methoxy groups -OCH3 is 1. The topological polar surface area (TPSA) is 116 Å². The smallest absolute Gasteiger partial charge is 0.213 e. The van der Waals surface area contributed by atoms with Gasteiger partial charge in [0.25, 0.3) is 0 Å². The number of halogens is 2. The van der Waals surface area contributed by atoms with Gasteiger partial charge in [0.2, 0.25) is 5.88 Å². The van der Waals surface area contributed by atoms with Gasteiger partial charge in [-0.3, -0.25) is 0 Å². The van der Waals surface area contributed by atoms with Gasteiger partial charge in [-0.05, 0) is 56.4 Å². The van der Waals surface area contributed by atoms with Crippen LogP contribution >= 0.6 is 11.6 Å². The van der Waals surface area contributed by atoms with Crippen LogP contribution in [0.2, 0.25) is 5.02 Å². The number of hydrogen-bond acceptors (Lipinski definition) is 6. The number of rotatable bonds is 6. The van der Waals surface area contributed by atoms with Crippen molar-refractivity contribution < 1.29 is 9.13 Å². The quantitative estimate of drug-likeness (QED) is 0.236. The first kappa shape index (κ1) is 25.0. The Hall–Kier alpha value is -3.69. The summed E-state index contributed by atoms with van der Waals surface area (Å²) in [5, 5.41) is 8.59. The highest BCUT2D eigenvalue weighted by Crippen LogP contribution is 2.33. The summed E-state index contributed by atoms with van der Waals surface area (Å²) in [6, 6.07) is 8.38. The van der Waals surface area contributed by atoms with Gasteiger partial charge in [-0.1, -0.05) is 11.6 Å². The van der Waals surface area contributed by atoms with Crippen LogP contribution in [0.25, 0.3) is 16.6 Å². The Labute approximate surface area is 219 Å². The van der Waals surface area contributed by atoms with Crippen molar-refractivity contribution in [2.75, 3.05) is 12.4 Å². The number of hydrogen-bond donors (Lipinski definition) is 3. The van der Waals surface area contributed by atoms with Crippen molar-refractivity contribution in [3.63, 3.8) is 0 Å². The zero-order valence-corrected chi connectivity index (χ0v) is 21.5. The van der Waals surface area contributed by atoms with Crippen molar-refractivity contribution in [2.45, 2.75) is 44.7 Å². The van der Waals surface area contributed by atoms with Crippen LogP contribution in [0.15, 0.2) is 53.9 Å². The van der Waals surface area contributed by atoms with Crippen LogP contribution in [0, 0.1) is 12.7 Å². The van der Waals surface area contributed by atoms with E-state index < -0.39 is 5.82 Å². The number of aryl methyl sites for hydroxylation is 1. The molecule has 0 aliphatic heterocycles. The van der Waals surface area contributed by atoms with Crippen LogP contribution in [0.4, 0.5) is 15.8 Å². The summed E-state index contributed by atoms with van der Waals surface area (Å²) in [6.45, 7) is 2.01. The second-order valence-electron chi connectivity index (χ2n) is 9.38. The van der Waals surface area contributed by atoms with E-state index in [9.17, 15) is 4.39 Å². The van der Waals surface area contributed by atoms with E-state index >= 15 is 0 Å². The van der Waals surface area contributed by atoms with E-state index in [4.69, 9.17) is 27.8 Å². The van der Waals surface area contributed by atoms with Crippen molar-refractivity contribution in [3.05, 3.63) is 70.9 Å². The standard InChI is InChI=1S/C27H29ClFN7O/c1-15-9-25(37-2)32-12-20(15)16-10-24-26(34-19-6-4-18(30)5-7-19)21(13-33-36(24)14-16)27(31)35-23-11-17(29)3-8-22(23)28/h3,8-14,18-19,34H,4-7,30H2,1-2H3,(H2,31,35)/t18-,19-. The number of nitrogens with zero attached hydrogens (tertiary/aromatic N) is 4. The van der Waals surface area contributed by atoms with Crippen molar-refractivity contribution in [2.24, 2.45) is 16.5 Å². The molecule has 3 aromatic heterocycles. The van der Waals surface area contributed by atoms with E-state index in [0.29, 0.717) is 16.5 Å². The van der Waals surface area contributed by atoms with Crippen molar-refractivity contribution in [3.8, 4) is 17.0 Å². The predicted molar refractivity (Wildman–Crippen MR) is 145 cm³/mol. The summed E-state index contributed by atoms with van der Waals surface area (Å²) in [4.78, 5) is 8.82. The first-order valence-corrected chi connectivity index (χ1v) is 12.5. The summed E-state index contributed by atoms with van der Waals surface area (Å²) >= 11 is 6.25. The van der Waals surface area contributed by atoms with Crippen molar-refractivity contribution in [1.29, 1.82) is 0 Å². The summed E-state index contributed by atoms with van der Waals surface area (Å²) in [5.74, 6) is 0.298. The molecule has 5 rings (SSSR count). The fraction of sp³-hybridized carbons (Fsp3) is 0.296. The highest BCUT2D eigenvalue weighted by Gasteiger charge is 2.22. The number of nitrogens with one attached hydrogen (secondary N) is 1. The zero-order chi connectivity index (χ0) is 26.1. The van der Waals surface area contributed by atoms with Gasteiger partial charge in [-0.25, -0.2) is 18.9 Å². The molecule has 5 N–H and O–H groups in total. The molecular formula is C27H29ClFN7O. The Morgan fingerprint density at radius 2 is 1.97 bits per heavy atom. The number of anilines is 1. The lowest BCUT2D eigenvalue weighted by molar-refractivity contribution is 0.397. The molecule has 0 radical (unpaired) electrons. The second kappa shape index (κ2) is 10.4. The molecule has 0 amide bonds. The minimum Gasteiger partial charge on any atom is -0.481 e. The lowest BCUT2D eigenvalue weighted by Crippen LogP contribution is -2.33. The zero-order valence-electron chi connectivity index (χ0n) is 20.7. The summed E-state index contributed by atoms with van der Waals surface area (Å²) in [7, 11) is 1.60. The lowest BCUT2D eigenvalue weighted by atomic mass is 9.91. The molecule has 1 fully saturated rings. The number of nitrogens with two attached hydrogens (primary N) is 2. The molecule has 3 heterocycles. The van der Waals surface area contributed by atoms with Crippen LogP contribution < -0.4 is 21.5 Å². The summed E-state index contributed by atoms with van der Waals surface area (Å²) in [5.41, 5.74) is 18.1. The second-order valence-corrected chi connectivity index (χ2v) is 9.79. The molecule has 1 aliphatic carbocycles. The Morgan fingerprint density at radius 1 is 1.19 bits per heavy atom. The molecule has 10 heteroatoms. The van der Waals surface area contributed by atoms with Crippen molar-refractivity contribution >= 4 is 34.3 Å². The largest absolute Gasteiger partial charge is 0.481 e. The molecule has 37 heavy (non-hydrogen) atoms. The third kappa shape index (κ3) is 5.23. The molecule has 0 spiro atoms. The maximum absolute atomic E-state index is 13.9. The van der Waals surface area contributed by atoms with Gasteiger partial charge in [0.05, 0.1) is 40.8 Å². The van der Waals surface area contributed by atoms with E-state index in [1.165, 1.54) is 18.2 Å². The number of aromatic nitrogens is 3. The normalized spacial score (nSPS) is 18.2. The Morgan fingerprint density at radius 3 is 2.70 bits per heavy atom. The van der Waals surface area contributed by atoms with E-state index in [-0.39, 0.29) is 23.6 Å². The fourth-order valence-corrected chi connectivity index (χ4v) is 4.88. The minimum atomic E-state index is -0.443. The van der Waals surface area contributed by atoms with Gasteiger partial charge in [-0.2, -0.15) is 5.10 Å². The molecule has 192 valence electrons.